The van der Waals surface area contributed by atoms with Crippen LogP contribution in [0.2, 0.25) is 0 Å². The van der Waals surface area contributed by atoms with Gasteiger partial charge in [0.2, 0.25) is 11.8 Å². The first-order chi connectivity index (χ1) is 12.1. The number of nitrogens with one attached hydrogen (secondary N) is 2. The molecule has 2 N–H and O–H groups in total. The van der Waals surface area contributed by atoms with Crippen molar-refractivity contribution >= 4 is 22.6 Å². The number of hydrogen-bond acceptors (Lipinski definition) is 3. The summed E-state index contributed by atoms with van der Waals surface area (Å²) in [6.07, 6.45) is 2.21. The first-order valence-electron chi connectivity index (χ1n) is 8.85. The molecule has 0 bridgehead atoms. The summed E-state index contributed by atoms with van der Waals surface area (Å²) in [5, 5.41) is 8.26. The molecule has 0 atom stereocenters. The van der Waals surface area contributed by atoms with Crippen molar-refractivity contribution in [2.45, 2.75) is 25.3 Å². The van der Waals surface area contributed by atoms with Crippen LogP contribution in [0, 0.1) is 0 Å². The molecule has 5 nitrogen and oxygen atoms in total. The molecule has 2 amide bonds. The Kier molecular flexibility index (Phi) is 5.66. The van der Waals surface area contributed by atoms with Crippen molar-refractivity contribution in [3.05, 3.63) is 48.0 Å². The number of benzene rings is 2. The fraction of sp³-hybridized carbons (Fsp3) is 0.400. The van der Waals surface area contributed by atoms with E-state index in [0.717, 1.165) is 42.3 Å². The Hall–Kier alpha value is -2.40. The van der Waals surface area contributed by atoms with Crippen molar-refractivity contribution in [2.75, 3.05) is 26.7 Å². The van der Waals surface area contributed by atoms with Gasteiger partial charge in [-0.05, 0) is 42.3 Å². The van der Waals surface area contributed by atoms with Gasteiger partial charge in [0, 0.05) is 13.1 Å². The van der Waals surface area contributed by atoms with Gasteiger partial charge in [-0.15, -0.1) is 0 Å². The van der Waals surface area contributed by atoms with E-state index < -0.39 is 0 Å². The lowest BCUT2D eigenvalue weighted by Gasteiger charge is -2.31. The molecule has 1 aliphatic heterocycles. The molecular formula is C20H25N3O2. The topological polar surface area (TPSA) is 61.4 Å². The molecule has 0 unspecified atom stereocenters. The fourth-order valence-electron chi connectivity index (χ4n) is 3.38. The van der Waals surface area contributed by atoms with Gasteiger partial charge in [-0.1, -0.05) is 42.5 Å². The maximum absolute atomic E-state index is 12.3. The monoisotopic (exact) mass is 339 g/mol. The first-order valence-corrected chi connectivity index (χ1v) is 8.85. The quantitative estimate of drug-likeness (QED) is 0.872. The minimum Gasteiger partial charge on any atom is -0.347 e. The molecule has 0 aliphatic carbocycles. The minimum absolute atomic E-state index is 0.0295. The smallest absolute Gasteiger partial charge is 0.241 e. The number of piperidine rings is 1. The van der Waals surface area contributed by atoms with Crippen LogP contribution in [0.5, 0.6) is 0 Å². The van der Waals surface area contributed by atoms with Crippen LogP contribution in [0.25, 0.3) is 10.8 Å². The number of amides is 2. The van der Waals surface area contributed by atoms with Gasteiger partial charge in [0.1, 0.15) is 0 Å². The van der Waals surface area contributed by atoms with Crippen LogP contribution in [0.3, 0.4) is 0 Å². The van der Waals surface area contributed by atoms with Crippen LogP contribution in [0.1, 0.15) is 18.4 Å². The van der Waals surface area contributed by atoms with Crippen LogP contribution in [0.15, 0.2) is 42.5 Å². The summed E-state index contributed by atoms with van der Waals surface area (Å²) in [5.74, 6) is -0.151. The van der Waals surface area contributed by atoms with Gasteiger partial charge in [-0.3, -0.25) is 9.59 Å². The van der Waals surface area contributed by atoms with Crippen molar-refractivity contribution in [3.8, 4) is 0 Å². The summed E-state index contributed by atoms with van der Waals surface area (Å²) in [7, 11) is 1.83. The van der Waals surface area contributed by atoms with E-state index in [1.165, 1.54) is 0 Å². The fourth-order valence-corrected chi connectivity index (χ4v) is 3.38. The highest BCUT2D eigenvalue weighted by Crippen LogP contribution is 2.18. The van der Waals surface area contributed by atoms with Crippen LogP contribution in [0.4, 0.5) is 0 Å². The minimum atomic E-state index is -0.122. The maximum Gasteiger partial charge on any atom is 0.241 e. The van der Waals surface area contributed by atoms with Crippen LogP contribution in [-0.4, -0.2) is 49.4 Å². The molecule has 0 saturated carbocycles. The van der Waals surface area contributed by atoms with Gasteiger partial charge in [-0.25, -0.2) is 0 Å². The molecule has 25 heavy (non-hydrogen) atoms. The summed E-state index contributed by atoms with van der Waals surface area (Å²) < 4.78 is 0. The van der Waals surface area contributed by atoms with Crippen LogP contribution < -0.4 is 10.6 Å². The van der Waals surface area contributed by atoms with Gasteiger partial charge < -0.3 is 15.5 Å². The van der Waals surface area contributed by atoms with Crippen molar-refractivity contribution in [1.82, 2.24) is 15.5 Å². The zero-order chi connectivity index (χ0) is 17.6. The highest BCUT2D eigenvalue weighted by molar-refractivity contribution is 5.91. The van der Waals surface area contributed by atoms with Crippen molar-refractivity contribution in [1.29, 1.82) is 0 Å². The summed E-state index contributed by atoms with van der Waals surface area (Å²) in [5.41, 5.74) is 0.981. The number of carbonyl (C=O) groups excluding carboxylic acids is 2. The van der Waals surface area contributed by atoms with E-state index in [9.17, 15) is 9.59 Å². The third-order valence-electron chi connectivity index (χ3n) is 4.92. The lowest BCUT2D eigenvalue weighted by Crippen LogP contribution is -2.47. The molecule has 0 aromatic heterocycles. The third-order valence-corrected chi connectivity index (χ3v) is 4.92. The largest absolute Gasteiger partial charge is 0.347 e. The van der Waals surface area contributed by atoms with Crippen molar-refractivity contribution in [3.63, 3.8) is 0 Å². The molecule has 5 heteroatoms. The maximum atomic E-state index is 12.3. The lowest BCUT2D eigenvalue weighted by molar-refractivity contribution is -0.133. The predicted octanol–water partition coefficient (Wildman–Crippen LogP) is 1.71. The molecule has 2 aromatic carbocycles. The highest BCUT2D eigenvalue weighted by atomic mass is 16.2. The Morgan fingerprint density at radius 1 is 1.12 bits per heavy atom. The summed E-state index contributed by atoms with van der Waals surface area (Å²) in [6.45, 7) is 1.94. The van der Waals surface area contributed by atoms with Gasteiger partial charge >= 0.3 is 0 Å². The van der Waals surface area contributed by atoms with E-state index in [-0.39, 0.29) is 30.8 Å². The number of hydrogen-bond donors (Lipinski definition) is 2. The zero-order valence-electron chi connectivity index (χ0n) is 14.6. The van der Waals surface area contributed by atoms with Crippen molar-refractivity contribution in [2.24, 2.45) is 0 Å². The summed E-state index contributed by atoms with van der Waals surface area (Å²) in [6, 6.07) is 14.2. The highest BCUT2D eigenvalue weighted by Gasteiger charge is 2.22. The second kappa shape index (κ2) is 8.12. The second-order valence-corrected chi connectivity index (χ2v) is 6.58. The average Bonchev–Trinajstić information content (AvgIpc) is 2.66. The number of likely N-dealkylation sites (N-methyl/N-ethyl adjacent to an activating group) is 1. The molecule has 1 saturated heterocycles. The van der Waals surface area contributed by atoms with E-state index >= 15 is 0 Å². The molecular weight excluding hydrogens is 314 g/mol. The third kappa shape index (κ3) is 4.37. The second-order valence-electron chi connectivity index (χ2n) is 6.58. The number of nitrogens with zero attached hydrogens (tertiary/aromatic N) is 1. The first kappa shape index (κ1) is 17.4. The molecule has 0 radical (unpaired) electrons. The molecule has 0 spiro atoms. The normalized spacial score (nSPS) is 15.1. The summed E-state index contributed by atoms with van der Waals surface area (Å²) >= 11 is 0. The standard InChI is InChI=1S/C20H25N3O2/c1-23(17-9-11-21-12-10-17)20(25)14-22-19(24)13-16-7-4-6-15-5-2-3-8-18(15)16/h2-8,17,21H,9-14H2,1H3,(H,22,24). The Bertz CT molecular complexity index is 748. The molecule has 1 fully saturated rings. The molecule has 132 valence electrons. The van der Waals surface area contributed by atoms with Crippen LogP contribution >= 0.6 is 0 Å². The van der Waals surface area contributed by atoms with E-state index in [4.69, 9.17) is 0 Å². The van der Waals surface area contributed by atoms with E-state index in [0.29, 0.717) is 0 Å². The molecule has 1 aliphatic rings. The number of carbonyl (C=O) groups is 2. The van der Waals surface area contributed by atoms with Crippen molar-refractivity contribution < 1.29 is 9.59 Å². The number of rotatable bonds is 5. The lowest BCUT2D eigenvalue weighted by atomic mass is 10.0. The molecule has 1 heterocycles. The predicted molar refractivity (Wildman–Crippen MR) is 99.3 cm³/mol. The van der Waals surface area contributed by atoms with E-state index in [1.54, 1.807) is 4.90 Å². The average molecular weight is 339 g/mol. The Balaban J connectivity index is 1.54. The van der Waals surface area contributed by atoms with Gasteiger partial charge in [0.05, 0.1) is 13.0 Å². The van der Waals surface area contributed by atoms with Gasteiger partial charge in [-0.2, -0.15) is 0 Å². The molecule has 2 aromatic rings. The Labute approximate surface area is 148 Å². The SMILES string of the molecule is CN(C(=O)CNC(=O)Cc1cccc2ccccc12)C1CCNCC1. The van der Waals surface area contributed by atoms with E-state index in [1.807, 2.05) is 49.5 Å². The van der Waals surface area contributed by atoms with Gasteiger partial charge in [0.25, 0.3) is 0 Å². The van der Waals surface area contributed by atoms with E-state index in [2.05, 4.69) is 10.6 Å². The Morgan fingerprint density at radius 2 is 1.84 bits per heavy atom. The summed E-state index contributed by atoms with van der Waals surface area (Å²) in [4.78, 5) is 26.3. The zero-order valence-corrected chi connectivity index (χ0v) is 14.6. The van der Waals surface area contributed by atoms with Crippen LogP contribution in [-0.2, 0) is 16.0 Å². The molecule has 3 rings (SSSR count). The Morgan fingerprint density at radius 3 is 2.64 bits per heavy atom. The number of fused-ring (bicyclic) bond motifs is 1. The van der Waals surface area contributed by atoms with Gasteiger partial charge in [0.15, 0.2) is 0 Å².